The van der Waals surface area contributed by atoms with Gasteiger partial charge in [0.2, 0.25) is 0 Å². The van der Waals surface area contributed by atoms with E-state index in [-0.39, 0.29) is 6.61 Å². The van der Waals surface area contributed by atoms with Crippen LogP contribution in [0.3, 0.4) is 0 Å². The summed E-state index contributed by atoms with van der Waals surface area (Å²) < 4.78 is 0. The minimum absolute atomic E-state index is 0.0592. The van der Waals surface area contributed by atoms with Crippen molar-refractivity contribution in [3.8, 4) is 0 Å². The number of halogens is 1. The number of nitrogens with zero attached hydrogens (tertiary/aromatic N) is 1. The number of hydrogen-bond acceptors (Lipinski definition) is 2. The summed E-state index contributed by atoms with van der Waals surface area (Å²) in [5, 5.41) is 9.74. The first-order valence-corrected chi connectivity index (χ1v) is 5.78. The Morgan fingerprint density at radius 1 is 1.27 bits per heavy atom. The first-order chi connectivity index (χ1) is 7.29. The van der Waals surface area contributed by atoms with Gasteiger partial charge in [-0.2, -0.15) is 0 Å². The van der Waals surface area contributed by atoms with Crippen LogP contribution in [0.5, 0.6) is 0 Å². The Hall–Kier alpha value is -0.570. The largest absolute Gasteiger partial charge is 0.392 e. The summed E-state index contributed by atoms with van der Waals surface area (Å²) in [7, 11) is 0. The molecule has 0 spiro atoms. The van der Waals surface area contributed by atoms with E-state index in [0.29, 0.717) is 0 Å². The number of likely N-dealkylation sites (tertiary alicyclic amines) is 1. The van der Waals surface area contributed by atoms with Gasteiger partial charge in [-0.15, -0.1) is 0 Å². The fourth-order valence-electron chi connectivity index (χ4n) is 2.00. The number of hydrogen-bond donors (Lipinski definition) is 1. The highest BCUT2D eigenvalue weighted by molar-refractivity contribution is 6.31. The van der Waals surface area contributed by atoms with Gasteiger partial charge in [0.15, 0.2) is 0 Å². The van der Waals surface area contributed by atoms with Crippen molar-refractivity contribution in [2.75, 3.05) is 13.1 Å². The Bertz CT molecular complexity index is 334. The van der Waals surface area contributed by atoms with Gasteiger partial charge < -0.3 is 5.11 Å². The lowest BCUT2D eigenvalue weighted by Crippen LogP contribution is -2.18. The Morgan fingerprint density at radius 2 is 2.00 bits per heavy atom. The molecule has 0 aliphatic carbocycles. The van der Waals surface area contributed by atoms with E-state index in [0.717, 1.165) is 22.7 Å². The average molecular weight is 226 g/mol. The fraction of sp³-hybridized carbons (Fsp3) is 0.500. The minimum atomic E-state index is 0.0592. The second-order valence-electron chi connectivity index (χ2n) is 4.07. The van der Waals surface area contributed by atoms with Crippen LogP contribution in [0.15, 0.2) is 18.2 Å². The average Bonchev–Trinajstić information content (AvgIpc) is 2.74. The molecule has 0 saturated carbocycles. The van der Waals surface area contributed by atoms with Crippen molar-refractivity contribution in [3.63, 3.8) is 0 Å². The summed E-state index contributed by atoms with van der Waals surface area (Å²) in [4.78, 5) is 2.42. The molecule has 0 bridgehead atoms. The molecule has 1 aliphatic heterocycles. The molecule has 0 radical (unpaired) electrons. The molecule has 0 aromatic heterocycles. The monoisotopic (exact) mass is 225 g/mol. The Balaban J connectivity index is 2.07. The lowest BCUT2D eigenvalue weighted by atomic mass is 10.1. The third-order valence-electron chi connectivity index (χ3n) is 2.89. The quantitative estimate of drug-likeness (QED) is 0.854. The van der Waals surface area contributed by atoms with Gasteiger partial charge in [0.05, 0.1) is 6.61 Å². The van der Waals surface area contributed by atoms with Crippen LogP contribution in [-0.2, 0) is 13.2 Å². The molecule has 1 aromatic carbocycles. The van der Waals surface area contributed by atoms with E-state index in [1.54, 1.807) is 0 Å². The zero-order valence-corrected chi connectivity index (χ0v) is 9.50. The van der Waals surface area contributed by atoms with E-state index < -0.39 is 0 Å². The van der Waals surface area contributed by atoms with Crippen molar-refractivity contribution in [1.82, 2.24) is 4.90 Å². The van der Waals surface area contributed by atoms with E-state index in [1.807, 2.05) is 18.2 Å². The zero-order valence-electron chi connectivity index (χ0n) is 8.75. The molecule has 82 valence electrons. The molecule has 1 N–H and O–H groups in total. The molecule has 15 heavy (non-hydrogen) atoms. The SMILES string of the molecule is OCc1ccc(CN2CCCC2)c(Cl)c1. The van der Waals surface area contributed by atoms with Crippen molar-refractivity contribution in [2.24, 2.45) is 0 Å². The Kier molecular flexibility index (Phi) is 3.62. The molecule has 0 unspecified atom stereocenters. The van der Waals surface area contributed by atoms with Gasteiger partial charge in [-0.3, -0.25) is 4.90 Å². The second-order valence-corrected chi connectivity index (χ2v) is 4.47. The highest BCUT2D eigenvalue weighted by Gasteiger charge is 2.13. The van der Waals surface area contributed by atoms with E-state index in [9.17, 15) is 0 Å². The molecule has 3 heteroatoms. The van der Waals surface area contributed by atoms with Gasteiger partial charge >= 0.3 is 0 Å². The lowest BCUT2D eigenvalue weighted by Gasteiger charge is -2.15. The maximum atomic E-state index is 8.97. The summed E-state index contributed by atoms with van der Waals surface area (Å²) in [6.07, 6.45) is 2.60. The summed E-state index contributed by atoms with van der Waals surface area (Å²) in [5.74, 6) is 0. The van der Waals surface area contributed by atoms with Crippen LogP contribution >= 0.6 is 11.6 Å². The molecular formula is C12H16ClNO. The van der Waals surface area contributed by atoms with Crippen molar-refractivity contribution in [3.05, 3.63) is 34.3 Å². The summed E-state index contributed by atoms with van der Waals surface area (Å²) in [6, 6.07) is 5.82. The molecule has 0 amide bonds. The van der Waals surface area contributed by atoms with Crippen LogP contribution in [0.1, 0.15) is 24.0 Å². The van der Waals surface area contributed by atoms with E-state index in [1.165, 1.54) is 25.9 Å². The normalized spacial score (nSPS) is 17.2. The molecule has 1 fully saturated rings. The fourth-order valence-corrected chi connectivity index (χ4v) is 2.26. The number of rotatable bonds is 3. The van der Waals surface area contributed by atoms with Crippen LogP contribution in [-0.4, -0.2) is 23.1 Å². The van der Waals surface area contributed by atoms with Crippen LogP contribution in [0.25, 0.3) is 0 Å². The highest BCUT2D eigenvalue weighted by Crippen LogP contribution is 2.21. The topological polar surface area (TPSA) is 23.5 Å². The molecule has 1 aromatic rings. The van der Waals surface area contributed by atoms with Crippen LogP contribution in [0, 0.1) is 0 Å². The second kappa shape index (κ2) is 4.97. The van der Waals surface area contributed by atoms with Crippen LogP contribution in [0.2, 0.25) is 5.02 Å². The van der Waals surface area contributed by atoms with E-state index in [4.69, 9.17) is 16.7 Å². The van der Waals surface area contributed by atoms with Gasteiger partial charge in [0.1, 0.15) is 0 Å². The van der Waals surface area contributed by atoms with Crippen molar-refractivity contribution in [2.45, 2.75) is 26.0 Å². The molecule has 2 nitrogen and oxygen atoms in total. The number of benzene rings is 1. The van der Waals surface area contributed by atoms with Crippen LogP contribution < -0.4 is 0 Å². The van der Waals surface area contributed by atoms with Gasteiger partial charge in [0, 0.05) is 11.6 Å². The molecule has 2 rings (SSSR count). The molecule has 0 atom stereocenters. The van der Waals surface area contributed by atoms with Crippen molar-refractivity contribution >= 4 is 11.6 Å². The van der Waals surface area contributed by atoms with Crippen LogP contribution in [0.4, 0.5) is 0 Å². The molecule has 1 heterocycles. The summed E-state index contributed by atoms with van der Waals surface area (Å²) >= 11 is 6.15. The molecule has 1 aliphatic rings. The zero-order chi connectivity index (χ0) is 10.7. The summed E-state index contributed by atoms with van der Waals surface area (Å²) in [6.45, 7) is 3.35. The number of aliphatic hydroxyl groups is 1. The van der Waals surface area contributed by atoms with Gasteiger partial charge in [-0.25, -0.2) is 0 Å². The van der Waals surface area contributed by atoms with E-state index in [2.05, 4.69) is 4.90 Å². The van der Waals surface area contributed by atoms with Gasteiger partial charge in [-0.05, 0) is 43.1 Å². The van der Waals surface area contributed by atoms with Crippen molar-refractivity contribution in [1.29, 1.82) is 0 Å². The Labute approximate surface area is 95.5 Å². The van der Waals surface area contributed by atoms with Crippen molar-refractivity contribution < 1.29 is 5.11 Å². The predicted octanol–water partition coefficient (Wildman–Crippen LogP) is 2.43. The maximum absolute atomic E-state index is 8.97. The van der Waals surface area contributed by atoms with E-state index >= 15 is 0 Å². The maximum Gasteiger partial charge on any atom is 0.0682 e. The smallest absolute Gasteiger partial charge is 0.0682 e. The third kappa shape index (κ3) is 2.71. The predicted molar refractivity (Wildman–Crippen MR) is 61.9 cm³/mol. The molecule has 1 saturated heterocycles. The highest BCUT2D eigenvalue weighted by atomic mass is 35.5. The molecular weight excluding hydrogens is 210 g/mol. The first kappa shape index (κ1) is 10.9. The summed E-state index contributed by atoms with van der Waals surface area (Å²) in [5.41, 5.74) is 2.04. The third-order valence-corrected chi connectivity index (χ3v) is 3.24. The lowest BCUT2D eigenvalue weighted by molar-refractivity contribution is 0.281. The first-order valence-electron chi connectivity index (χ1n) is 5.40. The number of aliphatic hydroxyl groups excluding tert-OH is 1. The van der Waals surface area contributed by atoms with Gasteiger partial charge in [0.25, 0.3) is 0 Å². The standard InChI is InChI=1S/C12H16ClNO/c13-12-7-10(9-15)3-4-11(12)8-14-5-1-2-6-14/h3-4,7,15H,1-2,5-6,8-9H2. The Morgan fingerprint density at radius 3 is 2.60 bits per heavy atom. The minimum Gasteiger partial charge on any atom is -0.392 e. The van der Waals surface area contributed by atoms with Gasteiger partial charge in [-0.1, -0.05) is 23.7 Å².